The van der Waals surface area contributed by atoms with Crippen LogP contribution in [-0.2, 0) is 14.2 Å². The zero-order valence-electron chi connectivity index (χ0n) is 36.9. The summed E-state index contributed by atoms with van der Waals surface area (Å²) in [6.07, 6.45) is 34.8. The Morgan fingerprint density at radius 2 is 0.981 bits per heavy atom. The molecule has 0 aromatic rings. The minimum absolute atomic E-state index is 0.117. The summed E-state index contributed by atoms with van der Waals surface area (Å²) < 4.78 is 19.2. The highest BCUT2D eigenvalue weighted by Gasteiger charge is 2.23. The third kappa shape index (κ3) is 39.1. The lowest BCUT2D eigenvalue weighted by Gasteiger charge is -2.28. The monoisotopic (exact) mass is 738 g/mol. The summed E-state index contributed by atoms with van der Waals surface area (Å²) in [6.45, 7) is 23.7. The number of aliphatic hydroxyl groups is 1. The van der Waals surface area contributed by atoms with Crippen molar-refractivity contribution in [1.29, 1.82) is 0 Å². The standard InChI is InChI=1S/C47H95NO4/c1-10-11-12-13-16-21-26-32-43(33-31-36-50-41-44(49)40-48-39-42(2)3)45(51-37-29-24-19-14-17-22-27-34-46(4,5)6)52-38-30-25-20-15-18-23-28-35-47(7,8)9/h39,43-45,48-49H,10-38,40-41H2,1-9H3. The molecule has 312 valence electrons. The van der Waals surface area contributed by atoms with Gasteiger partial charge in [0.1, 0.15) is 0 Å². The number of ether oxygens (including phenoxy) is 3. The highest BCUT2D eigenvalue weighted by molar-refractivity contribution is 4.91. The van der Waals surface area contributed by atoms with Crippen LogP contribution in [0.15, 0.2) is 11.8 Å². The number of unbranched alkanes of at least 4 members (excludes halogenated alkanes) is 18. The van der Waals surface area contributed by atoms with E-state index in [0.717, 1.165) is 45.3 Å². The number of rotatable bonds is 38. The SMILES string of the molecule is CCCCCCCCCC(CCCOCC(O)CNC=C(C)C)C(OCCCCCCCCCC(C)(C)C)OCCCCCCCCCC(C)(C)C. The van der Waals surface area contributed by atoms with E-state index < -0.39 is 6.10 Å². The third-order valence-corrected chi connectivity index (χ3v) is 10.2. The zero-order valence-corrected chi connectivity index (χ0v) is 36.9. The molecule has 0 heterocycles. The Kier molecular flexibility index (Phi) is 34.4. The maximum absolute atomic E-state index is 10.3. The van der Waals surface area contributed by atoms with Crippen molar-refractivity contribution in [3.63, 3.8) is 0 Å². The van der Waals surface area contributed by atoms with Crippen LogP contribution in [0.25, 0.3) is 0 Å². The molecule has 0 rings (SSSR count). The molecule has 5 heteroatoms. The molecular formula is C47H95NO4. The maximum atomic E-state index is 10.3. The Balaban J connectivity index is 4.94. The van der Waals surface area contributed by atoms with Gasteiger partial charge in [0.25, 0.3) is 0 Å². The van der Waals surface area contributed by atoms with Crippen molar-refractivity contribution in [2.75, 3.05) is 33.0 Å². The zero-order chi connectivity index (χ0) is 38.8. The van der Waals surface area contributed by atoms with Gasteiger partial charge in [-0.1, -0.05) is 176 Å². The lowest BCUT2D eigenvalue weighted by Crippen LogP contribution is -2.29. The van der Waals surface area contributed by atoms with E-state index >= 15 is 0 Å². The first-order chi connectivity index (χ1) is 24.8. The van der Waals surface area contributed by atoms with Crippen molar-refractivity contribution in [2.24, 2.45) is 16.7 Å². The van der Waals surface area contributed by atoms with E-state index in [-0.39, 0.29) is 6.29 Å². The number of nitrogens with one attached hydrogen (secondary N) is 1. The summed E-state index contributed by atoms with van der Waals surface area (Å²) in [5, 5.41) is 13.5. The van der Waals surface area contributed by atoms with E-state index in [1.165, 1.54) is 140 Å². The lowest BCUT2D eigenvalue weighted by molar-refractivity contribution is -0.177. The van der Waals surface area contributed by atoms with Crippen molar-refractivity contribution < 1.29 is 19.3 Å². The summed E-state index contributed by atoms with van der Waals surface area (Å²) in [7, 11) is 0. The predicted octanol–water partition coefficient (Wildman–Crippen LogP) is 14.1. The molecule has 0 aliphatic carbocycles. The van der Waals surface area contributed by atoms with Gasteiger partial charge in [0, 0.05) is 32.3 Å². The molecule has 0 aliphatic rings. The van der Waals surface area contributed by atoms with Crippen LogP contribution in [0.2, 0.25) is 0 Å². The predicted molar refractivity (Wildman–Crippen MR) is 228 cm³/mol. The Labute approximate surface area is 327 Å². The van der Waals surface area contributed by atoms with Gasteiger partial charge in [-0.15, -0.1) is 0 Å². The molecule has 0 aromatic heterocycles. The van der Waals surface area contributed by atoms with Gasteiger partial charge in [-0.3, -0.25) is 0 Å². The highest BCUT2D eigenvalue weighted by atomic mass is 16.7. The van der Waals surface area contributed by atoms with Crippen LogP contribution in [0.1, 0.15) is 229 Å². The van der Waals surface area contributed by atoms with Gasteiger partial charge in [-0.25, -0.2) is 0 Å². The summed E-state index contributed by atoms with van der Waals surface area (Å²) in [5.41, 5.74) is 2.13. The van der Waals surface area contributed by atoms with Gasteiger partial charge < -0.3 is 24.6 Å². The van der Waals surface area contributed by atoms with Crippen molar-refractivity contribution in [3.8, 4) is 0 Å². The second-order valence-corrected chi connectivity index (χ2v) is 18.9. The highest BCUT2D eigenvalue weighted by Crippen LogP contribution is 2.26. The fourth-order valence-corrected chi connectivity index (χ4v) is 6.91. The summed E-state index contributed by atoms with van der Waals surface area (Å²) >= 11 is 0. The van der Waals surface area contributed by atoms with Crippen molar-refractivity contribution in [1.82, 2.24) is 5.32 Å². The topological polar surface area (TPSA) is 60.0 Å². The average molecular weight is 738 g/mol. The molecule has 2 unspecified atom stereocenters. The average Bonchev–Trinajstić information content (AvgIpc) is 3.06. The maximum Gasteiger partial charge on any atom is 0.160 e. The van der Waals surface area contributed by atoms with Gasteiger partial charge in [0.05, 0.1) is 12.7 Å². The summed E-state index contributed by atoms with van der Waals surface area (Å²) in [4.78, 5) is 0. The van der Waals surface area contributed by atoms with Crippen molar-refractivity contribution in [3.05, 3.63) is 11.8 Å². The molecule has 5 nitrogen and oxygen atoms in total. The van der Waals surface area contributed by atoms with Crippen molar-refractivity contribution >= 4 is 0 Å². The van der Waals surface area contributed by atoms with Gasteiger partial charge in [-0.05, 0) is 75.8 Å². The van der Waals surface area contributed by atoms with E-state index in [0.29, 0.717) is 36.5 Å². The molecular weight excluding hydrogens is 643 g/mol. The van der Waals surface area contributed by atoms with E-state index in [9.17, 15) is 5.11 Å². The van der Waals surface area contributed by atoms with E-state index in [1.807, 2.05) is 20.0 Å². The minimum Gasteiger partial charge on any atom is -0.389 e. The van der Waals surface area contributed by atoms with Gasteiger partial charge >= 0.3 is 0 Å². The van der Waals surface area contributed by atoms with Crippen LogP contribution in [0, 0.1) is 16.7 Å². The molecule has 0 saturated carbocycles. The Bertz CT molecular complexity index is 732. The first-order valence-corrected chi connectivity index (χ1v) is 22.7. The summed E-state index contributed by atoms with van der Waals surface area (Å²) in [6, 6.07) is 0. The van der Waals surface area contributed by atoms with Gasteiger partial charge in [-0.2, -0.15) is 0 Å². The second kappa shape index (κ2) is 34.8. The van der Waals surface area contributed by atoms with Gasteiger partial charge in [0.15, 0.2) is 6.29 Å². The number of hydrogen-bond donors (Lipinski definition) is 2. The number of allylic oxidation sites excluding steroid dienone is 1. The van der Waals surface area contributed by atoms with E-state index in [4.69, 9.17) is 14.2 Å². The summed E-state index contributed by atoms with van der Waals surface area (Å²) in [5.74, 6) is 0.397. The molecule has 0 spiro atoms. The molecule has 0 bridgehead atoms. The van der Waals surface area contributed by atoms with Crippen LogP contribution in [-0.4, -0.2) is 50.5 Å². The first kappa shape index (κ1) is 51.4. The van der Waals surface area contributed by atoms with Crippen molar-refractivity contribution in [2.45, 2.75) is 242 Å². The van der Waals surface area contributed by atoms with Crippen LogP contribution < -0.4 is 5.32 Å². The molecule has 2 N–H and O–H groups in total. The van der Waals surface area contributed by atoms with E-state index in [2.05, 4.69) is 53.8 Å². The van der Waals surface area contributed by atoms with Crippen LogP contribution in [0.5, 0.6) is 0 Å². The smallest absolute Gasteiger partial charge is 0.160 e. The fraction of sp³-hybridized carbons (Fsp3) is 0.957. The first-order valence-electron chi connectivity index (χ1n) is 22.7. The quantitative estimate of drug-likeness (QED) is 0.0488. The molecule has 0 saturated heterocycles. The molecule has 0 aliphatic heterocycles. The molecule has 52 heavy (non-hydrogen) atoms. The van der Waals surface area contributed by atoms with Gasteiger partial charge in [0.2, 0.25) is 0 Å². The minimum atomic E-state index is -0.495. The third-order valence-electron chi connectivity index (χ3n) is 10.2. The fourth-order valence-electron chi connectivity index (χ4n) is 6.91. The molecule has 0 aromatic carbocycles. The Morgan fingerprint density at radius 1 is 0.558 bits per heavy atom. The molecule has 2 atom stereocenters. The molecule has 0 radical (unpaired) electrons. The number of aliphatic hydroxyl groups excluding tert-OH is 1. The Hall–Kier alpha value is -0.620. The normalized spacial score (nSPS) is 13.5. The van der Waals surface area contributed by atoms with Crippen LogP contribution in [0.4, 0.5) is 0 Å². The second-order valence-electron chi connectivity index (χ2n) is 18.9. The molecule has 0 fully saturated rings. The Morgan fingerprint density at radius 3 is 1.44 bits per heavy atom. The molecule has 0 amide bonds. The largest absolute Gasteiger partial charge is 0.389 e. The van der Waals surface area contributed by atoms with Crippen LogP contribution in [0.3, 0.4) is 0 Å². The number of hydrogen-bond acceptors (Lipinski definition) is 5. The van der Waals surface area contributed by atoms with Crippen LogP contribution >= 0.6 is 0 Å². The lowest BCUT2D eigenvalue weighted by atomic mass is 9.89. The van der Waals surface area contributed by atoms with E-state index in [1.54, 1.807) is 0 Å².